The van der Waals surface area contributed by atoms with Gasteiger partial charge in [-0.05, 0) is 41.0 Å². The largest absolute Gasteiger partial charge is 0.453 e. The van der Waals surface area contributed by atoms with Crippen molar-refractivity contribution in [3.63, 3.8) is 0 Å². The number of benzene rings is 2. The predicted molar refractivity (Wildman–Crippen MR) is 215 cm³/mol. The maximum absolute atomic E-state index is 14.0. The summed E-state index contributed by atoms with van der Waals surface area (Å²) in [5.41, 5.74) is 5.25. The van der Waals surface area contributed by atoms with E-state index in [-0.39, 0.29) is 24.8 Å². The molecule has 5 heterocycles. The summed E-state index contributed by atoms with van der Waals surface area (Å²) in [4.78, 5) is 70.9. The highest BCUT2D eigenvalue weighted by atomic mass is 19.3. The van der Waals surface area contributed by atoms with Crippen molar-refractivity contribution in [1.29, 1.82) is 0 Å². The SMILES string of the molecule is COC(=O)NC(CCOC(F)F)C(=O)N1CCC[C@H]1c1ncc(-c2ccc(-c3ccc(-c4cnc([C@@H]5CC6(CN5C(=O)[C@@H](NC(=O)OC)C(C)C)OCCO6)[nH]4)cc3)cc2)[nH]1. The number of nitrogens with one attached hydrogen (secondary N) is 4. The Bertz CT molecular complexity index is 2160. The Morgan fingerprint density at radius 1 is 0.803 bits per heavy atom. The van der Waals surface area contributed by atoms with Crippen LogP contribution in [0, 0.1) is 5.92 Å². The third kappa shape index (κ3) is 9.68. The van der Waals surface area contributed by atoms with Crippen LogP contribution in [-0.2, 0) is 33.3 Å². The molecule has 326 valence electrons. The van der Waals surface area contributed by atoms with E-state index in [9.17, 15) is 28.0 Å². The molecule has 0 radical (unpaired) electrons. The lowest BCUT2D eigenvalue weighted by atomic mass is 10.0. The summed E-state index contributed by atoms with van der Waals surface area (Å²) < 4.78 is 51.0. The van der Waals surface area contributed by atoms with Crippen molar-refractivity contribution in [2.45, 2.75) is 76.1 Å². The summed E-state index contributed by atoms with van der Waals surface area (Å²) in [5, 5.41) is 5.12. The Labute approximate surface area is 350 Å². The lowest BCUT2D eigenvalue weighted by Crippen LogP contribution is -2.52. The molecule has 3 aliphatic rings. The number of carbonyl (C=O) groups excluding carboxylic acids is 4. The first-order valence-corrected chi connectivity index (χ1v) is 20.2. The van der Waals surface area contributed by atoms with E-state index in [0.717, 1.165) is 40.8 Å². The molecule has 1 spiro atoms. The highest BCUT2D eigenvalue weighted by molar-refractivity contribution is 5.87. The number of H-pyrrole nitrogens is 2. The summed E-state index contributed by atoms with van der Waals surface area (Å²) in [6.07, 6.45) is 3.45. The van der Waals surface area contributed by atoms with Gasteiger partial charge in [-0.3, -0.25) is 9.59 Å². The number of likely N-dealkylation sites (tertiary alicyclic amines) is 2. The predicted octanol–water partition coefficient (Wildman–Crippen LogP) is 5.55. The second-order valence-electron chi connectivity index (χ2n) is 15.5. The first kappa shape index (κ1) is 43.2. The quantitative estimate of drug-likeness (QED) is 0.124. The van der Waals surface area contributed by atoms with Crippen LogP contribution in [0.25, 0.3) is 33.6 Å². The summed E-state index contributed by atoms with van der Waals surface area (Å²) in [6, 6.07) is 13.1. The minimum atomic E-state index is -3.00. The number of rotatable bonds is 14. The summed E-state index contributed by atoms with van der Waals surface area (Å²) >= 11 is 0. The monoisotopic (exact) mass is 848 g/mol. The molecule has 4 atom stereocenters. The van der Waals surface area contributed by atoms with Crippen LogP contribution in [-0.4, -0.2) is 125 Å². The van der Waals surface area contributed by atoms with Gasteiger partial charge >= 0.3 is 18.8 Å². The van der Waals surface area contributed by atoms with Gasteiger partial charge in [0.1, 0.15) is 23.7 Å². The molecule has 3 saturated heterocycles. The molecule has 3 fully saturated rings. The fourth-order valence-electron chi connectivity index (χ4n) is 8.14. The van der Waals surface area contributed by atoms with Crippen LogP contribution in [0.15, 0.2) is 60.9 Å². The summed E-state index contributed by atoms with van der Waals surface area (Å²) in [5.74, 6) is -0.735. The molecule has 0 saturated carbocycles. The number of halogens is 2. The van der Waals surface area contributed by atoms with Crippen molar-refractivity contribution in [3.05, 3.63) is 72.6 Å². The van der Waals surface area contributed by atoms with Gasteiger partial charge in [-0.15, -0.1) is 0 Å². The molecule has 3 aliphatic heterocycles. The Morgan fingerprint density at radius 3 is 1.89 bits per heavy atom. The minimum Gasteiger partial charge on any atom is -0.453 e. The van der Waals surface area contributed by atoms with E-state index in [2.05, 4.69) is 35.1 Å². The Morgan fingerprint density at radius 2 is 1.34 bits per heavy atom. The number of ether oxygens (including phenoxy) is 5. The molecule has 7 rings (SSSR count). The van der Waals surface area contributed by atoms with Crippen molar-refractivity contribution in [3.8, 4) is 33.6 Å². The summed E-state index contributed by atoms with van der Waals surface area (Å²) in [7, 11) is 2.41. The number of imidazole rings is 2. The number of alkyl halides is 2. The van der Waals surface area contributed by atoms with Gasteiger partial charge in [-0.1, -0.05) is 62.4 Å². The van der Waals surface area contributed by atoms with E-state index in [0.29, 0.717) is 50.7 Å². The first-order valence-electron chi connectivity index (χ1n) is 20.2. The zero-order chi connectivity index (χ0) is 43.3. The molecule has 17 nitrogen and oxygen atoms in total. The fraction of sp³-hybridized carbons (Fsp3) is 0.476. The standard InChI is InChI=1S/C42H50F2N8O9/c1-24(2)34(50-41(56)58-4)38(54)52-23-42(60-18-19-61-42)20-33(52)36-46-22-31(48-36)28-13-9-26(10-14-28)25-7-11-27(12-8-25)30-21-45-35(47-30)32-6-5-16-51(32)37(53)29(49-40(55)57-3)15-17-59-39(43)44/h7-14,21-22,24,29,32-34,39H,5-6,15-20,23H2,1-4H3,(H,45,47)(H,46,48)(H,49,55)(H,50,56)/t29?,32-,33-,34-/m0/s1. The van der Waals surface area contributed by atoms with Crippen LogP contribution >= 0.6 is 0 Å². The van der Waals surface area contributed by atoms with Crippen LogP contribution < -0.4 is 10.6 Å². The lowest BCUT2D eigenvalue weighted by molar-refractivity contribution is -0.153. The molecular formula is C42H50F2N8O9. The molecular weight excluding hydrogens is 799 g/mol. The van der Waals surface area contributed by atoms with Crippen LogP contribution in [0.4, 0.5) is 18.4 Å². The van der Waals surface area contributed by atoms with E-state index < -0.39 is 61.3 Å². The topological polar surface area (TPSA) is 202 Å². The van der Waals surface area contributed by atoms with Gasteiger partial charge in [-0.2, -0.15) is 8.78 Å². The van der Waals surface area contributed by atoms with Crippen molar-refractivity contribution < 1.29 is 51.6 Å². The molecule has 2 aromatic carbocycles. The zero-order valence-corrected chi connectivity index (χ0v) is 34.3. The molecule has 1 unspecified atom stereocenters. The number of nitrogens with zero attached hydrogens (tertiary/aromatic N) is 4. The number of aromatic nitrogens is 4. The van der Waals surface area contributed by atoms with E-state index in [4.69, 9.17) is 19.2 Å². The number of methoxy groups -OCH3 is 2. The molecule has 0 bridgehead atoms. The average Bonchev–Trinajstić information content (AvgIpc) is 4.13. The van der Waals surface area contributed by atoms with Gasteiger partial charge in [0.25, 0.3) is 0 Å². The maximum Gasteiger partial charge on any atom is 0.407 e. The molecule has 19 heteroatoms. The van der Waals surface area contributed by atoms with E-state index in [1.807, 2.05) is 62.4 Å². The number of aromatic amines is 2. The number of hydrogen-bond donors (Lipinski definition) is 4. The van der Waals surface area contributed by atoms with Gasteiger partial charge in [0.15, 0.2) is 5.79 Å². The van der Waals surface area contributed by atoms with Gasteiger partial charge in [0.2, 0.25) is 11.8 Å². The van der Waals surface area contributed by atoms with E-state index in [1.54, 1.807) is 22.2 Å². The smallest absolute Gasteiger partial charge is 0.407 e. The fourth-order valence-corrected chi connectivity index (χ4v) is 8.14. The minimum absolute atomic E-state index is 0.154. The number of hydrogen-bond acceptors (Lipinski definition) is 11. The lowest BCUT2D eigenvalue weighted by Gasteiger charge is -2.30. The summed E-state index contributed by atoms with van der Waals surface area (Å²) in [6.45, 7) is 1.72. The molecule has 4 aromatic rings. The first-order chi connectivity index (χ1) is 29.4. The van der Waals surface area contributed by atoms with Gasteiger partial charge in [0, 0.05) is 19.4 Å². The molecule has 61 heavy (non-hydrogen) atoms. The van der Waals surface area contributed by atoms with Gasteiger partial charge in [0.05, 0.1) is 76.5 Å². The Kier molecular flexibility index (Phi) is 13.3. The van der Waals surface area contributed by atoms with Gasteiger partial charge < -0.3 is 54.1 Å². The highest BCUT2D eigenvalue weighted by Crippen LogP contribution is 2.43. The average molecular weight is 849 g/mol. The zero-order valence-electron chi connectivity index (χ0n) is 34.3. The van der Waals surface area contributed by atoms with Crippen LogP contribution in [0.3, 0.4) is 0 Å². The van der Waals surface area contributed by atoms with Crippen LogP contribution in [0.5, 0.6) is 0 Å². The number of alkyl carbamates (subject to hydrolysis) is 2. The Hall–Kier alpha value is -5.92. The highest BCUT2D eigenvalue weighted by Gasteiger charge is 2.53. The molecule has 0 aliphatic carbocycles. The Balaban J connectivity index is 1.02. The molecule has 4 N–H and O–H groups in total. The van der Waals surface area contributed by atoms with Crippen molar-refractivity contribution in [2.75, 3.05) is 47.1 Å². The van der Waals surface area contributed by atoms with E-state index >= 15 is 0 Å². The van der Waals surface area contributed by atoms with Crippen molar-refractivity contribution in [2.24, 2.45) is 5.92 Å². The molecule has 4 amide bonds. The van der Waals surface area contributed by atoms with Crippen LogP contribution in [0.2, 0.25) is 0 Å². The molecule has 2 aromatic heterocycles. The van der Waals surface area contributed by atoms with Crippen molar-refractivity contribution >= 4 is 24.0 Å². The second-order valence-corrected chi connectivity index (χ2v) is 15.5. The van der Waals surface area contributed by atoms with E-state index in [1.165, 1.54) is 7.11 Å². The van der Waals surface area contributed by atoms with Crippen LogP contribution in [0.1, 0.15) is 63.3 Å². The number of carbonyl (C=O) groups is 4. The third-order valence-electron chi connectivity index (χ3n) is 11.3. The van der Waals surface area contributed by atoms with Gasteiger partial charge in [-0.25, -0.2) is 19.6 Å². The normalized spacial score (nSPS) is 19.4. The van der Waals surface area contributed by atoms with Crippen molar-refractivity contribution in [1.82, 2.24) is 40.4 Å². The number of amides is 4. The second kappa shape index (κ2) is 18.8. The maximum atomic E-state index is 14.0. The third-order valence-corrected chi connectivity index (χ3v) is 11.3.